The molecule has 0 aromatic heterocycles. The lowest BCUT2D eigenvalue weighted by molar-refractivity contribution is -0.138. The zero-order valence-corrected chi connectivity index (χ0v) is 14.0. The molecule has 0 radical (unpaired) electrons. The molecule has 1 aromatic rings. The summed E-state index contributed by atoms with van der Waals surface area (Å²) in [6.45, 7) is 4.49. The van der Waals surface area contributed by atoms with Crippen molar-refractivity contribution in [3.05, 3.63) is 29.8 Å². The van der Waals surface area contributed by atoms with Gasteiger partial charge in [-0.3, -0.25) is 4.79 Å². The second kappa shape index (κ2) is 6.39. The molecule has 114 valence electrons. The molecule has 1 amide bonds. The van der Waals surface area contributed by atoms with Crippen LogP contribution in [0.5, 0.6) is 5.75 Å². The van der Waals surface area contributed by atoms with Gasteiger partial charge in [-0.25, -0.2) is 0 Å². The number of hydrogen-bond acceptors (Lipinski definition) is 2. The minimum atomic E-state index is -0.0159. The fourth-order valence-corrected chi connectivity index (χ4v) is 3.85. The molecule has 4 heteroatoms. The maximum atomic E-state index is 12.7. The maximum absolute atomic E-state index is 12.7. The largest absolute Gasteiger partial charge is 0.492 e. The maximum Gasteiger partial charge on any atom is 0.229 e. The zero-order chi connectivity index (χ0) is 14.8. The molecule has 3 nitrogen and oxygen atoms in total. The summed E-state index contributed by atoms with van der Waals surface area (Å²) in [5.74, 6) is 1.88. The molecule has 0 saturated carbocycles. The van der Waals surface area contributed by atoms with Gasteiger partial charge in [0.1, 0.15) is 12.4 Å². The first kappa shape index (κ1) is 14.9. The van der Waals surface area contributed by atoms with E-state index in [1.807, 2.05) is 23.1 Å². The molecule has 21 heavy (non-hydrogen) atoms. The van der Waals surface area contributed by atoms with E-state index in [2.05, 4.69) is 28.9 Å². The standard InChI is InChI=1S/C17H22BrNO2/c1-12(18)13-6-8-19(9-7-13)17(20)15-10-14-4-2-3-5-16(14)21-11-15/h2-5,12-13,15H,6-11H2,1H3. The van der Waals surface area contributed by atoms with Gasteiger partial charge < -0.3 is 9.64 Å². The Labute approximate surface area is 134 Å². The smallest absolute Gasteiger partial charge is 0.229 e. The summed E-state index contributed by atoms with van der Waals surface area (Å²) < 4.78 is 5.75. The lowest BCUT2D eigenvalue weighted by Crippen LogP contribution is -2.45. The van der Waals surface area contributed by atoms with Gasteiger partial charge in [0, 0.05) is 17.9 Å². The molecule has 2 aliphatic rings. The first-order valence-electron chi connectivity index (χ1n) is 7.78. The van der Waals surface area contributed by atoms with Crippen LogP contribution in [0.1, 0.15) is 25.3 Å². The molecule has 2 atom stereocenters. The van der Waals surface area contributed by atoms with Crippen molar-refractivity contribution in [3.8, 4) is 5.75 Å². The monoisotopic (exact) mass is 351 g/mol. The number of alkyl halides is 1. The Balaban J connectivity index is 1.60. The van der Waals surface area contributed by atoms with Gasteiger partial charge in [0.15, 0.2) is 0 Å². The lowest BCUT2D eigenvalue weighted by Gasteiger charge is -2.36. The van der Waals surface area contributed by atoms with E-state index in [1.165, 1.54) is 0 Å². The van der Waals surface area contributed by atoms with E-state index in [9.17, 15) is 4.79 Å². The molecule has 3 rings (SSSR count). The number of halogens is 1. The van der Waals surface area contributed by atoms with Gasteiger partial charge >= 0.3 is 0 Å². The molecule has 0 spiro atoms. The predicted octanol–water partition coefficient (Wildman–Crippen LogP) is 3.26. The number of ether oxygens (including phenoxy) is 1. The van der Waals surface area contributed by atoms with Gasteiger partial charge in [-0.15, -0.1) is 0 Å². The van der Waals surface area contributed by atoms with E-state index >= 15 is 0 Å². The molecule has 1 aromatic carbocycles. The highest BCUT2D eigenvalue weighted by molar-refractivity contribution is 9.09. The third kappa shape index (κ3) is 3.25. The number of benzene rings is 1. The van der Waals surface area contributed by atoms with E-state index in [0.29, 0.717) is 17.4 Å². The highest BCUT2D eigenvalue weighted by Gasteiger charge is 2.32. The van der Waals surface area contributed by atoms with Gasteiger partial charge in [0.25, 0.3) is 0 Å². The van der Waals surface area contributed by atoms with Gasteiger partial charge in [-0.05, 0) is 36.8 Å². The first-order valence-corrected chi connectivity index (χ1v) is 8.70. The SMILES string of the molecule is CC(Br)C1CCN(C(=O)C2COc3ccccc3C2)CC1. The number of hydrogen-bond donors (Lipinski definition) is 0. The van der Waals surface area contributed by atoms with Crippen molar-refractivity contribution in [2.45, 2.75) is 31.0 Å². The van der Waals surface area contributed by atoms with Gasteiger partial charge in [-0.2, -0.15) is 0 Å². The fraction of sp³-hybridized carbons (Fsp3) is 0.588. The van der Waals surface area contributed by atoms with E-state index in [-0.39, 0.29) is 11.8 Å². The summed E-state index contributed by atoms with van der Waals surface area (Å²) in [5, 5.41) is 0. The van der Waals surface area contributed by atoms with Gasteiger partial charge in [-0.1, -0.05) is 41.1 Å². The summed E-state index contributed by atoms with van der Waals surface area (Å²) in [7, 11) is 0. The summed E-state index contributed by atoms with van der Waals surface area (Å²) in [4.78, 5) is 15.3. The van der Waals surface area contributed by atoms with Crippen molar-refractivity contribution in [2.75, 3.05) is 19.7 Å². The Kier molecular flexibility index (Phi) is 4.53. The van der Waals surface area contributed by atoms with Crippen molar-refractivity contribution >= 4 is 21.8 Å². The highest BCUT2D eigenvalue weighted by Crippen LogP contribution is 2.30. The van der Waals surface area contributed by atoms with Crippen LogP contribution in [0, 0.1) is 11.8 Å². The second-order valence-corrected chi connectivity index (χ2v) is 7.60. The average molecular weight is 352 g/mol. The number of carbonyl (C=O) groups is 1. The van der Waals surface area contributed by atoms with Crippen molar-refractivity contribution in [3.63, 3.8) is 0 Å². The number of amides is 1. The van der Waals surface area contributed by atoms with Crippen LogP contribution in [0.2, 0.25) is 0 Å². The number of para-hydroxylation sites is 1. The van der Waals surface area contributed by atoms with Crippen molar-refractivity contribution in [1.29, 1.82) is 0 Å². The summed E-state index contributed by atoms with van der Waals surface area (Å²) >= 11 is 3.66. The minimum Gasteiger partial charge on any atom is -0.492 e. The first-order chi connectivity index (χ1) is 10.1. The molecule has 0 N–H and O–H groups in total. The number of fused-ring (bicyclic) bond motifs is 1. The quantitative estimate of drug-likeness (QED) is 0.765. The van der Waals surface area contributed by atoms with E-state index in [4.69, 9.17) is 4.74 Å². The molecule has 1 fully saturated rings. The molecule has 0 aliphatic carbocycles. The summed E-state index contributed by atoms with van der Waals surface area (Å²) in [6, 6.07) is 8.04. The molecule has 1 saturated heterocycles. The van der Waals surface area contributed by atoms with Crippen molar-refractivity contribution < 1.29 is 9.53 Å². The van der Waals surface area contributed by atoms with E-state index in [0.717, 1.165) is 43.7 Å². The number of likely N-dealkylation sites (tertiary alicyclic amines) is 1. The van der Waals surface area contributed by atoms with Crippen LogP contribution in [0.15, 0.2) is 24.3 Å². The van der Waals surface area contributed by atoms with Crippen LogP contribution >= 0.6 is 15.9 Å². The highest BCUT2D eigenvalue weighted by atomic mass is 79.9. The number of carbonyl (C=O) groups excluding carboxylic acids is 1. The van der Waals surface area contributed by atoms with Gasteiger partial charge in [0.2, 0.25) is 5.91 Å². The van der Waals surface area contributed by atoms with Crippen LogP contribution in [-0.2, 0) is 11.2 Å². The predicted molar refractivity (Wildman–Crippen MR) is 86.8 cm³/mol. The van der Waals surface area contributed by atoms with Crippen LogP contribution < -0.4 is 4.74 Å². The number of piperidine rings is 1. The Morgan fingerprint density at radius 2 is 2.05 bits per heavy atom. The number of nitrogens with zero attached hydrogens (tertiary/aromatic N) is 1. The van der Waals surface area contributed by atoms with Crippen molar-refractivity contribution in [2.24, 2.45) is 11.8 Å². The Bertz CT molecular complexity index is 509. The second-order valence-electron chi connectivity index (χ2n) is 6.16. The Morgan fingerprint density at radius 1 is 1.33 bits per heavy atom. The molecule has 2 unspecified atom stereocenters. The summed E-state index contributed by atoms with van der Waals surface area (Å²) in [5.41, 5.74) is 1.16. The fourth-order valence-electron chi connectivity index (χ4n) is 3.32. The number of rotatable bonds is 2. The van der Waals surface area contributed by atoms with Crippen LogP contribution in [-0.4, -0.2) is 35.3 Å². The lowest BCUT2D eigenvalue weighted by atomic mass is 9.91. The Morgan fingerprint density at radius 3 is 2.76 bits per heavy atom. The van der Waals surface area contributed by atoms with Crippen LogP contribution in [0.4, 0.5) is 0 Å². The normalized spacial score (nSPS) is 24.1. The molecular formula is C17H22BrNO2. The third-order valence-corrected chi connectivity index (χ3v) is 5.48. The molecule has 2 aliphatic heterocycles. The Hall–Kier alpha value is -1.03. The molecule has 2 heterocycles. The van der Waals surface area contributed by atoms with Gasteiger partial charge in [0.05, 0.1) is 5.92 Å². The van der Waals surface area contributed by atoms with E-state index in [1.54, 1.807) is 0 Å². The average Bonchev–Trinajstić information content (AvgIpc) is 2.54. The summed E-state index contributed by atoms with van der Waals surface area (Å²) in [6.07, 6.45) is 3.01. The molecular weight excluding hydrogens is 330 g/mol. The van der Waals surface area contributed by atoms with Crippen LogP contribution in [0.25, 0.3) is 0 Å². The van der Waals surface area contributed by atoms with Crippen molar-refractivity contribution in [1.82, 2.24) is 4.90 Å². The van der Waals surface area contributed by atoms with Crippen LogP contribution in [0.3, 0.4) is 0 Å². The third-order valence-electron chi connectivity index (χ3n) is 4.73. The zero-order valence-electron chi connectivity index (χ0n) is 12.4. The molecule has 0 bridgehead atoms. The minimum absolute atomic E-state index is 0.0159. The topological polar surface area (TPSA) is 29.5 Å². The van der Waals surface area contributed by atoms with E-state index < -0.39 is 0 Å².